The van der Waals surface area contributed by atoms with E-state index in [1.54, 1.807) is 0 Å². The Hall–Kier alpha value is -1.82. The molecule has 0 saturated heterocycles. The lowest BCUT2D eigenvalue weighted by Crippen LogP contribution is -2.14. The molecule has 0 fully saturated rings. The number of aliphatic carboxylic acids is 1. The summed E-state index contributed by atoms with van der Waals surface area (Å²) < 4.78 is 0. The van der Waals surface area contributed by atoms with Gasteiger partial charge in [0.25, 0.3) is 0 Å². The molecule has 0 aliphatic rings. The Bertz CT molecular complexity index is 644. The largest absolute Gasteiger partial charge is 0.480 e. The molecule has 0 aliphatic carbocycles. The van der Waals surface area contributed by atoms with Crippen molar-refractivity contribution >= 4 is 17.7 Å². The number of carbonyl (C=O) groups is 1. The molecule has 1 heterocycles. The van der Waals surface area contributed by atoms with Gasteiger partial charge in [-0.1, -0.05) is 63.7 Å². The van der Waals surface area contributed by atoms with E-state index in [4.69, 9.17) is 5.11 Å². The Morgan fingerprint density at radius 3 is 2.45 bits per heavy atom. The third-order valence-electron chi connectivity index (χ3n) is 3.38. The van der Waals surface area contributed by atoms with Gasteiger partial charge in [-0.25, -0.2) is 4.98 Å². The first-order valence-electron chi connectivity index (χ1n) is 7.24. The molecular weight excluding hydrogens is 298 g/mol. The summed E-state index contributed by atoms with van der Waals surface area (Å²) in [5.74, 6) is -0.184. The molecule has 5 nitrogen and oxygen atoms in total. The molecule has 118 valence electrons. The number of benzene rings is 1. The molecule has 6 heteroatoms. The summed E-state index contributed by atoms with van der Waals surface area (Å²) in [4.78, 5) is 15.4. The molecular formula is C16H21N3O2S. The van der Waals surface area contributed by atoms with Crippen LogP contribution in [0.2, 0.25) is 0 Å². The standard InChI is InChI=1S/C16H21N3O2S/c1-5-12(14(20)21)22-15-17-13(18-19-15)10-6-8-11(9-7-10)16(2,3)4/h6-9,12H,5H2,1-4H3,(H,20,21)(H,17,18,19)/t12-/m0/s1. The van der Waals surface area contributed by atoms with Crippen LogP contribution >= 0.6 is 11.8 Å². The lowest BCUT2D eigenvalue weighted by atomic mass is 9.87. The molecule has 2 aromatic rings. The molecule has 1 atom stereocenters. The summed E-state index contributed by atoms with van der Waals surface area (Å²) in [6.07, 6.45) is 0.532. The number of aromatic nitrogens is 3. The van der Waals surface area contributed by atoms with E-state index in [9.17, 15) is 4.79 Å². The number of hydrogen-bond acceptors (Lipinski definition) is 4. The predicted molar refractivity (Wildman–Crippen MR) is 88.1 cm³/mol. The Morgan fingerprint density at radius 2 is 1.95 bits per heavy atom. The van der Waals surface area contributed by atoms with Gasteiger partial charge in [0.05, 0.1) is 0 Å². The minimum atomic E-state index is -0.839. The van der Waals surface area contributed by atoms with Crippen LogP contribution in [0.4, 0.5) is 0 Å². The topological polar surface area (TPSA) is 78.9 Å². The number of hydrogen-bond donors (Lipinski definition) is 2. The van der Waals surface area contributed by atoms with Crippen molar-refractivity contribution in [2.24, 2.45) is 0 Å². The van der Waals surface area contributed by atoms with E-state index in [-0.39, 0.29) is 5.41 Å². The second kappa shape index (κ2) is 6.52. The molecule has 0 radical (unpaired) electrons. The van der Waals surface area contributed by atoms with E-state index < -0.39 is 11.2 Å². The summed E-state index contributed by atoms with van der Waals surface area (Å²) in [5.41, 5.74) is 2.30. The van der Waals surface area contributed by atoms with Gasteiger partial charge in [0.15, 0.2) is 5.82 Å². The van der Waals surface area contributed by atoms with Gasteiger partial charge in [-0.15, -0.1) is 5.10 Å². The van der Waals surface area contributed by atoms with Gasteiger partial charge in [-0.2, -0.15) is 0 Å². The van der Waals surface area contributed by atoms with Gasteiger partial charge in [0.2, 0.25) is 5.16 Å². The van der Waals surface area contributed by atoms with E-state index >= 15 is 0 Å². The predicted octanol–water partition coefficient (Wildman–Crippen LogP) is 3.72. The van der Waals surface area contributed by atoms with E-state index in [2.05, 4.69) is 48.1 Å². The van der Waals surface area contributed by atoms with Crippen LogP contribution in [0.1, 0.15) is 39.7 Å². The van der Waals surface area contributed by atoms with E-state index in [1.807, 2.05) is 19.1 Å². The molecule has 2 rings (SSSR count). The monoisotopic (exact) mass is 319 g/mol. The van der Waals surface area contributed by atoms with Gasteiger partial charge in [0.1, 0.15) is 5.25 Å². The second-order valence-corrected chi connectivity index (χ2v) is 7.32. The fraction of sp³-hybridized carbons (Fsp3) is 0.438. The normalized spacial score (nSPS) is 13.1. The van der Waals surface area contributed by atoms with Crippen molar-refractivity contribution in [2.75, 3.05) is 0 Å². The van der Waals surface area contributed by atoms with E-state index in [0.717, 1.165) is 5.56 Å². The Balaban J connectivity index is 2.16. The van der Waals surface area contributed by atoms with Crippen LogP contribution in [0.25, 0.3) is 11.4 Å². The van der Waals surface area contributed by atoms with Crippen LogP contribution in [-0.2, 0) is 10.2 Å². The second-order valence-electron chi connectivity index (χ2n) is 6.15. The van der Waals surface area contributed by atoms with Crippen molar-refractivity contribution in [2.45, 2.75) is 49.9 Å². The number of aromatic amines is 1. The number of rotatable bonds is 5. The first-order chi connectivity index (χ1) is 10.3. The SMILES string of the molecule is CC[C@H](Sc1n[nH]c(-c2ccc(C(C)(C)C)cc2)n1)C(=O)O. The molecule has 0 spiro atoms. The zero-order chi connectivity index (χ0) is 16.3. The highest BCUT2D eigenvalue weighted by molar-refractivity contribution is 8.00. The molecule has 22 heavy (non-hydrogen) atoms. The Morgan fingerprint density at radius 1 is 1.32 bits per heavy atom. The highest BCUT2D eigenvalue weighted by Gasteiger charge is 2.19. The van der Waals surface area contributed by atoms with Gasteiger partial charge >= 0.3 is 5.97 Å². The molecule has 1 aromatic heterocycles. The molecule has 2 N–H and O–H groups in total. The minimum Gasteiger partial charge on any atom is -0.480 e. The number of thioether (sulfide) groups is 1. The number of nitrogens with zero attached hydrogens (tertiary/aromatic N) is 2. The van der Waals surface area contributed by atoms with Crippen LogP contribution in [-0.4, -0.2) is 31.5 Å². The summed E-state index contributed by atoms with van der Waals surface area (Å²) >= 11 is 1.17. The molecule has 0 unspecified atom stereocenters. The smallest absolute Gasteiger partial charge is 0.317 e. The number of carboxylic acids is 1. The lowest BCUT2D eigenvalue weighted by Gasteiger charge is -2.18. The maximum atomic E-state index is 11.1. The summed E-state index contributed by atoms with van der Waals surface area (Å²) in [5, 5.41) is 16.0. The van der Waals surface area contributed by atoms with Crippen molar-refractivity contribution in [1.82, 2.24) is 15.2 Å². The van der Waals surface area contributed by atoms with Crippen LogP contribution in [0.3, 0.4) is 0 Å². The van der Waals surface area contributed by atoms with Crippen molar-refractivity contribution in [1.29, 1.82) is 0 Å². The first-order valence-corrected chi connectivity index (χ1v) is 8.12. The fourth-order valence-electron chi connectivity index (χ4n) is 1.99. The molecule has 0 aliphatic heterocycles. The van der Waals surface area contributed by atoms with E-state index in [0.29, 0.717) is 17.4 Å². The minimum absolute atomic E-state index is 0.108. The summed E-state index contributed by atoms with van der Waals surface area (Å²) in [6.45, 7) is 8.34. The van der Waals surface area contributed by atoms with Crippen LogP contribution < -0.4 is 0 Å². The quantitative estimate of drug-likeness (QED) is 0.821. The average Bonchev–Trinajstić information content (AvgIpc) is 2.92. The van der Waals surface area contributed by atoms with Crippen LogP contribution in [0, 0.1) is 0 Å². The van der Waals surface area contributed by atoms with Crippen LogP contribution in [0.15, 0.2) is 29.4 Å². The van der Waals surface area contributed by atoms with Crippen molar-refractivity contribution in [3.05, 3.63) is 29.8 Å². The summed E-state index contributed by atoms with van der Waals surface area (Å²) in [7, 11) is 0. The van der Waals surface area contributed by atoms with E-state index in [1.165, 1.54) is 17.3 Å². The summed E-state index contributed by atoms with van der Waals surface area (Å²) in [6, 6.07) is 8.17. The maximum Gasteiger partial charge on any atom is 0.317 e. The lowest BCUT2D eigenvalue weighted by molar-refractivity contribution is -0.136. The highest BCUT2D eigenvalue weighted by atomic mass is 32.2. The average molecular weight is 319 g/mol. The molecule has 0 saturated carbocycles. The van der Waals surface area contributed by atoms with Gasteiger partial charge < -0.3 is 5.11 Å². The zero-order valence-electron chi connectivity index (χ0n) is 13.3. The number of nitrogens with one attached hydrogen (secondary N) is 1. The van der Waals surface area contributed by atoms with Crippen molar-refractivity contribution < 1.29 is 9.90 Å². The highest BCUT2D eigenvalue weighted by Crippen LogP contribution is 2.27. The third-order valence-corrected chi connectivity index (χ3v) is 4.60. The van der Waals surface area contributed by atoms with Gasteiger partial charge in [0, 0.05) is 5.56 Å². The number of carboxylic acid groups (broad SMARTS) is 1. The first kappa shape index (κ1) is 16.5. The van der Waals surface area contributed by atoms with Crippen molar-refractivity contribution in [3.8, 4) is 11.4 Å². The molecule has 1 aromatic carbocycles. The fourth-order valence-corrected chi connectivity index (χ4v) is 2.76. The Kier molecular flexibility index (Phi) is 4.90. The maximum absolute atomic E-state index is 11.1. The Labute approximate surface area is 134 Å². The molecule has 0 amide bonds. The van der Waals surface area contributed by atoms with Gasteiger partial charge in [-0.05, 0) is 17.4 Å². The van der Waals surface area contributed by atoms with Crippen LogP contribution in [0.5, 0.6) is 0 Å². The van der Waals surface area contributed by atoms with Gasteiger partial charge in [-0.3, -0.25) is 9.89 Å². The third kappa shape index (κ3) is 3.88. The zero-order valence-corrected chi connectivity index (χ0v) is 14.1. The molecule has 0 bridgehead atoms. The number of H-pyrrole nitrogens is 1. The van der Waals surface area contributed by atoms with Crippen molar-refractivity contribution in [3.63, 3.8) is 0 Å².